The molecule has 15 heteroatoms. The Labute approximate surface area is 164 Å². The fourth-order valence-corrected chi connectivity index (χ4v) is 3.45. The van der Waals surface area contributed by atoms with Gasteiger partial charge in [-0.05, 0) is 6.92 Å². The van der Waals surface area contributed by atoms with E-state index in [9.17, 15) is 24.8 Å². The first kappa shape index (κ1) is 22.0. The van der Waals surface area contributed by atoms with Gasteiger partial charge in [-0.3, -0.25) is 13.6 Å². The predicted molar refractivity (Wildman–Crippen MR) is 97.0 cm³/mol. The van der Waals surface area contributed by atoms with Gasteiger partial charge in [0.25, 0.3) is 0 Å². The fraction of sp³-hybridized carbons (Fsp3) is 0.643. The molecule has 2 aromatic heterocycles. The van der Waals surface area contributed by atoms with Crippen molar-refractivity contribution in [1.29, 1.82) is 0 Å². The lowest BCUT2D eigenvalue weighted by molar-refractivity contribution is -0.0517. The number of imidazole rings is 1. The molecule has 0 bridgehead atoms. The van der Waals surface area contributed by atoms with Crippen LogP contribution < -0.4 is 11.5 Å². The summed E-state index contributed by atoms with van der Waals surface area (Å²) in [7, 11) is -4.53. The summed E-state index contributed by atoms with van der Waals surface area (Å²) in [6, 6.07) is -0.887. The molecule has 0 amide bonds. The number of aromatic nitrogens is 4. The van der Waals surface area contributed by atoms with Crippen LogP contribution in [0.15, 0.2) is 12.7 Å². The number of nitrogens with two attached hydrogens (primary N) is 2. The van der Waals surface area contributed by atoms with Gasteiger partial charge < -0.3 is 36.4 Å². The predicted octanol–water partition coefficient (Wildman–Crippen LogP) is -2.13. The molecule has 2 aromatic rings. The van der Waals surface area contributed by atoms with Crippen LogP contribution in [0.4, 0.5) is 5.82 Å². The van der Waals surface area contributed by atoms with Crippen molar-refractivity contribution < 1.29 is 38.6 Å². The van der Waals surface area contributed by atoms with Crippen LogP contribution in [0.25, 0.3) is 11.2 Å². The molecule has 29 heavy (non-hydrogen) atoms. The SMILES string of the molecule is C[C@@H](O)[C@H](N)COP(=O)(O)OC[C@H]1O[C@@H](n2cnc3c(N)ncnc32)[C@H](O)[C@@H]1O. The number of nitrogens with zero attached hydrogens (tertiary/aromatic N) is 4. The van der Waals surface area contributed by atoms with Crippen LogP contribution in [-0.2, 0) is 18.3 Å². The van der Waals surface area contributed by atoms with Crippen molar-refractivity contribution in [3.8, 4) is 0 Å². The van der Waals surface area contributed by atoms with Gasteiger partial charge in [0.05, 0.1) is 31.7 Å². The molecule has 0 aliphatic carbocycles. The van der Waals surface area contributed by atoms with Gasteiger partial charge in [-0.15, -0.1) is 0 Å². The van der Waals surface area contributed by atoms with Crippen LogP contribution in [-0.4, -0.2) is 83.4 Å². The normalized spacial score (nSPS) is 29.0. The van der Waals surface area contributed by atoms with E-state index in [0.29, 0.717) is 5.52 Å². The van der Waals surface area contributed by atoms with E-state index >= 15 is 0 Å². The second kappa shape index (κ2) is 8.55. The lowest BCUT2D eigenvalue weighted by Crippen LogP contribution is -2.36. The zero-order valence-electron chi connectivity index (χ0n) is 15.3. The number of aliphatic hydroxyl groups excluding tert-OH is 3. The molecular weight excluding hydrogens is 411 g/mol. The Bertz CT molecular complexity index is 896. The zero-order valence-corrected chi connectivity index (χ0v) is 16.2. The van der Waals surface area contributed by atoms with Gasteiger partial charge in [-0.25, -0.2) is 19.5 Å². The molecule has 3 heterocycles. The third kappa shape index (κ3) is 4.71. The third-order valence-corrected chi connectivity index (χ3v) is 5.40. The molecule has 0 spiro atoms. The van der Waals surface area contributed by atoms with E-state index in [0.717, 1.165) is 0 Å². The lowest BCUT2D eigenvalue weighted by atomic mass is 10.1. The van der Waals surface area contributed by atoms with Crippen molar-refractivity contribution in [1.82, 2.24) is 19.5 Å². The average Bonchev–Trinajstić information content (AvgIpc) is 3.21. The molecule has 3 rings (SSSR count). The highest BCUT2D eigenvalue weighted by molar-refractivity contribution is 7.47. The molecule has 7 atom stereocenters. The standard InChI is InChI=1S/C14H23N6O8P/c1-6(21)7(15)2-26-29(24,25)27-3-8-10(22)11(23)14(28-8)20-5-19-9-12(16)17-4-18-13(9)20/h4-8,10-11,14,21-23H,2-3,15H2,1H3,(H,24,25)(H2,16,17,18)/t6-,7-,8-,10-,11-,14-/m1/s1. The van der Waals surface area contributed by atoms with Crippen LogP contribution in [0.2, 0.25) is 0 Å². The Morgan fingerprint density at radius 1 is 1.31 bits per heavy atom. The van der Waals surface area contributed by atoms with E-state index in [1.54, 1.807) is 0 Å². The number of ether oxygens (including phenoxy) is 1. The maximum atomic E-state index is 11.9. The number of phosphoric ester groups is 1. The molecule has 0 saturated carbocycles. The van der Waals surface area contributed by atoms with Crippen molar-refractivity contribution >= 4 is 24.8 Å². The minimum Gasteiger partial charge on any atom is -0.392 e. The summed E-state index contributed by atoms with van der Waals surface area (Å²) in [6.07, 6.45) is -3.51. The third-order valence-electron chi connectivity index (χ3n) is 4.45. The highest BCUT2D eigenvalue weighted by atomic mass is 31.2. The molecule has 1 saturated heterocycles. The molecule has 0 radical (unpaired) electrons. The van der Waals surface area contributed by atoms with Gasteiger partial charge in [0, 0.05) is 0 Å². The zero-order chi connectivity index (χ0) is 21.3. The highest BCUT2D eigenvalue weighted by Gasteiger charge is 2.45. The molecule has 8 N–H and O–H groups in total. The number of fused-ring (bicyclic) bond motifs is 1. The minimum atomic E-state index is -4.53. The number of rotatable bonds is 8. The number of phosphoric acid groups is 1. The van der Waals surface area contributed by atoms with Gasteiger partial charge >= 0.3 is 7.82 Å². The molecule has 1 fully saturated rings. The van der Waals surface area contributed by atoms with E-state index in [4.69, 9.17) is 25.3 Å². The maximum Gasteiger partial charge on any atom is 0.472 e. The molecule has 1 aliphatic rings. The van der Waals surface area contributed by atoms with Gasteiger partial charge in [-0.2, -0.15) is 0 Å². The minimum absolute atomic E-state index is 0.135. The summed E-state index contributed by atoms with van der Waals surface area (Å²) in [5.74, 6) is 0.135. The van der Waals surface area contributed by atoms with E-state index < -0.39 is 57.7 Å². The Balaban J connectivity index is 1.65. The Kier molecular flexibility index (Phi) is 6.48. The van der Waals surface area contributed by atoms with Gasteiger partial charge in [0.2, 0.25) is 0 Å². The van der Waals surface area contributed by atoms with Crippen LogP contribution in [0.1, 0.15) is 13.2 Å². The number of hydrogen-bond donors (Lipinski definition) is 6. The van der Waals surface area contributed by atoms with Crippen molar-refractivity contribution in [2.75, 3.05) is 18.9 Å². The lowest BCUT2D eigenvalue weighted by Gasteiger charge is -2.19. The largest absolute Gasteiger partial charge is 0.472 e. The molecular formula is C14H23N6O8P. The Hall–Kier alpha value is -1.74. The Morgan fingerprint density at radius 3 is 2.72 bits per heavy atom. The van der Waals surface area contributed by atoms with E-state index in [1.165, 1.54) is 24.1 Å². The monoisotopic (exact) mass is 434 g/mol. The van der Waals surface area contributed by atoms with Crippen LogP contribution in [0.3, 0.4) is 0 Å². The van der Waals surface area contributed by atoms with Gasteiger partial charge in [-0.1, -0.05) is 0 Å². The second-order valence-corrected chi connectivity index (χ2v) is 8.05. The molecule has 0 aromatic carbocycles. The first-order chi connectivity index (χ1) is 13.6. The summed E-state index contributed by atoms with van der Waals surface area (Å²) in [5, 5.41) is 29.8. The summed E-state index contributed by atoms with van der Waals surface area (Å²) in [6.45, 7) is 0.420. The summed E-state index contributed by atoms with van der Waals surface area (Å²) in [5.41, 5.74) is 11.8. The highest BCUT2D eigenvalue weighted by Crippen LogP contribution is 2.44. The summed E-state index contributed by atoms with van der Waals surface area (Å²) in [4.78, 5) is 21.6. The molecule has 14 nitrogen and oxygen atoms in total. The van der Waals surface area contributed by atoms with Crippen molar-refractivity contribution in [2.45, 2.75) is 43.6 Å². The second-order valence-electron chi connectivity index (χ2n) is 6.59. The first-order valence-electron chi connectivity index (χ1n) is 8.61. The molecule has 1 aliphatic heterocycles. The smallest absolute Gasteiger partial charge is 0.392 e. The van der Waals surface area contributed by atoms with E-state index in [1.807, 2.05) is 0 Å². The van der Waals surface area contributed by atoms with Gasteiger partial charge in [0.15, 0.2) is 17.7 Å². The van der Waals surface area contributed by atoms with Crippen LogP contribution >= 0.6 is 7.82 Å². The van der Waals surface area contributed by atoms with E-state index in [-0.39, 0.29) is 11.5 Å². The topological polar surface area (TPSA) is 221 Å². The number of hydrogen-bond acceptors (Lipinski definition) is 12. The summed E-state index contributed by atoms with van der Waals surface area (Å²) < 4.78 is 28.4. The number of nitrogen functional groups attached to an aromatic ring is 1. The fourth-order valence-electron chi connectivity index (χ4n) is 2.68. The van der Waals surface area contributed by atoms with Crippen molar-refractivity contribution in [3.05, 3.63) is 12.7 Å². The quantitative estimate of drug-likeness (QED) is 0.245. The molecule has 162 valence electrons. The number of anilines is 1. The summed E-state index contributed by atoms with van der Waals surface area (Å²) >= 11 is 0. The van der Waals surface area contributed by atoms with Crippen LogP contribution in [0, 0.1) is 0 Å². The molecule has 1 unspecified atom stereocenters. The number of aliphatic hydroxyl groups is 3. The van der Waals surface area contributed by atoms with Gasteiger partial charge in [0.1, 0.15) is 30.2 Å². The maximum absolute atomic E-state index is 11.9. The Morgan fingerprint density at radius 2 is 2.03 bits per heavy atom. The van der Waals surface area contributed by atoms with Crippen molar-refractivity contribution in [3.63, 3.8) is 0 Å². The van der Waals surface area contributed by atoms with Crippen LogP contribution in [0.5, 0.6) is 0 Å². The first-order valence-corrected chi connectivity index (χ1v) is 10.1. The average molecular weight is 434 g/mol. The van der Waals surface area contributed by atoms with E-state index in [2.05, 4.69) is 15.0 Å². The van der Waals surface area contributed by atoms with Crippen molar-refractivity contribution in [2.24, 2.45) is 5.73 Å².